The first-order valence-electron chi connectivity index (χ1n) is 17.8. The minimum Gasteiger partial charge on any atom is -0.313 e. The molecule has 7 aromatic carbocycles. The molecule has 1 aliphatic carbocycles. The second kappa shape index (κ2) is 11.0. The molecule has 2 aliphatic rings. The normalized spacial score (nSPS) is 15.2. The van der Waals surface area contributed by atoms with E-state index in [9.17, 15) is 0 Å². The van der Waals surface area contributed by atoms with Crippen molar-refractivity contribution in [2.24, 2.45) is 0 Å². The van der Waals surface area contributed by atoms with Gasteiger partial charge in [0, 0.05) is 50.2 Å². The molecule has 1 atom stereocenters. The number of aromatic nitrogens is 2. The zero-order chi connectivity index (χ0) is 33.5. The van der Waals surface area contributed by atoms with Crippen LogP contribution in [-0.2, 0) is 0 Å². The number of rotatable bonds is 4. The van der Waals surface area contributed by atoms with E-state index < -0.39 is 0 Å². The quantitative estimate of drug-likeness (QED) is 0.185. The average Bonchev–Trinajstić information content (AvgIpc) is 3.83. The number of hydrogen-bond acceptors (Lipinski definition) is 1. The van der Waals surface area contributed by atoms with Crippen LogP contribution in [-0.4, -0.2) is 9.13 Å². The number of hydrogen-bond donors (Lipinski definition) is 0. The van der Waals surface area contributed by atoms with E-state index in [1.165, 1.54) is 88.7 Å². The van der Waals surface area contributed by atoms with E-state index in [0.717, 1.165) is 6.42 Å². The Kier molecular flexibility index (Phi) is 6.08. The third-order valence-corrected chi connectivity index (χ3v) is 11.0. The molecule has 1 aliphatic heterocycles. The summed E-state index contributed by atoms with van der Waals surface area (Å²) < 4.78 is 4.84. The van der Waals surface area contributed by atoms with Gasteiger partial charge in [-0.2, -0.15) is 0 Å². The highest BCUT2D eigenvalue weighted by molar-refractivity contribution is 6.13. The Hall–Kier alpha value is -6.58. The Bertz CT molecular complexity index is 2870. The number of benzene rings is 7. The predicted molar refractivity (Wildman–Crippen MR) is 214 cm³/mol. The lowest BCUT2D eigenvalue weighted by molar-refractivity contribution is 0.820. The summed E-state index contributed by atoms with van der Waals surface area (Å²) in [6, 6.07) is 60.0. The van der Waals surface area contributed by atoms with Crippen molar-refractivity contribution < 1.29 is 0 Å². The maximum atomic E-state index is 2.53. The lowest BCUT2D eigenvalue weighted by Gasteiger charge is -2.25. The van der Waals surface area contributed by atoms with Crippen molar-refractivity contribution in [1.29, 1.82) is 0 Å². The summed E-state index contributed by atoms with van der Waals surface area (Å²) >= 11 is 0. The lowest BCUT2D eigenvalue weighted by atomic mass is 9.91. The van der Waals surface area contributed by atoms with Gasteiger partial charge < -0.3 is 14.0 Å². The van der Waals surface area contributed by atoms with Crippen LogP contribution >= 0.6 is 0 Å². The van der Waals surface area contributed by atoms with Crippen LogP contribution in [0.2, 0.25) is 0 Å². The van der Waals surface area contributed by atoms with Gasteiger partial charge in [-0.3, -0.25) is 0 Å². The van der Waals surface area contributed by atoms with Crippen molar-refractivity contribution in [3.63, 3.8) is 0 Å². The van der Waals surface area contributed by atoms with Crippen LogP contribution in [0, 0.1) is 0 Å². The average molecular weight is 652 g/mol. The third kappa shape index (κ3) is 4.18. The Morgan fingerprint density at radius 1 is 0.431 bits per heavy atom. The van der Waals surface area contributed by atoms with Gasteiger partial charge in [0.15, 0.2) is 0 Å². The van der Waals surface area contributed by atoms with E-state index in [1.807, 2.05) is 0 Å². The molecule has 1 unspecified atom stereocenters. The monoisotopic (exact) mass is 651 g/mol. The molecule has 51 heavy (non-hydrogen) atoms. The lowest BCUT2D eigenvalue weighted by Crippen LogP contribution is -2.14. The van der Waals surface area contributed by atoms with Crippen molar-refractivity contribution in [1.82, 2.24) is 9.13 Å². The summed E-state index contributed by atoms with van der Waals surface area (Å²) in [4.78, 5) is 2.53. The summed E-state index contributed by atoms with van der Waals surface area (Å²) in [6.07, 6.45) is 7.87. The van der Waals surface area contributed by atoms with Gasteiger partial charge in [-0.25, -0.2) is 0 Å². The van der Waals surface area contributed by atoms with E-state index in [2.05, 4.69) is 196 Å². The molecule has 240 valence electrons. The zero-order valence-electron chi connectivity index (χ0n) is 27.9. The maximum Gasteiger partial charge on any atom is 0.0562 e. The standard InChI is InChI=1S/C48H33N3/c1-3-13-32(14-4-1)33-23-25-35(26-24-33)50-44-21-11-8-18-38(44)41-30-42-39-19-9-12-22-45(39)51(48(42)31-47(41)50)36-27-28-46-40(29-36)37-17-7-10-20-43(37)49(46)34-15-5-2-6-16-34/h1-18,20-31,39H,19H2. The molecule has 0 radical (unpaired) electrons. The van der Waals surface area contributed by atoms with Gasteiger partial charge in [-0.05, 0) is 95.9 Å². The number of allylic oxidation sites excluding steroid dienone is 4. The van der Waals surface area contributed by atoms with Crippen LogP contribution in [0.1, 0.15) is 17.9 Å². The van der Waals surface area contributed by atoms with Gasteiger partial charge in [0.25, 0.3) is 0 Å². The molecule has 0 amide bonds. The maximum absolute atomic E-state index is 2.53. The summed E-state index contributed by atoms with van der Waals surface area (Å²) in [5, 5.41) is 5.11. The number of fused-ring (bicyclic) bond motifs is 9. The van der Waals surface area contributed by atoms with Crippen molar-refractivity contribution in [2.45, 2.75) is 12.3 Å². The molecule has 11 rings (SSSR count). The van der Waals surface area contributed by atoms with Gasteiger partial charge >= 0.3 is 0 Å². The molecule has 3 nitrogen and oxygen atoms in total. The highest BCUT2D eigenvalue weighted by Crippen LogP contribution is 2.53. The first kappa shape index (κ1) is 28.3. The van der Waals surface area contributed by atoms with Gasteiger partial charge in [0.2, 0.25) is 0 Å². The Morgan fingerprint density at radius 3 is 1.75 bits per heavy atom. The van der Waals surface area contributed by atoms with Crippen molar-refractivity contribution in [3.05, 3.63) is 193 Å². The fourth-order valence-corrected chi connectivity index (χ4v) is 8.72. The van der Waals surface area contributed by atoms with Crippen LogP contribution in [0.5, 0.6) is 0 Å². The molecule has 0 N–H and O–H groups in total. The summed E-state index contributed by atoms with van der Waals surface area (Å²) in [7, 11) is 0. The highest BCUT2D eigenvalue weighted by atomic mass is 15.2. The minimum absolute atomic E-state index is 0.308. The molecule has 0 bridgehead atoms. The van der Waals surface area contributed by atoms with Gasteiger partial charge in [0.05, 0.1) is 27.8 Å². The first-order valence-corrected chi connectivity index (χ1v) is 17.8. The second-order valence-corrected chi connectivity index (χ2v) is 13.7. The third-order valence-electron chi connectivity index (χ3n) is 11.0. The molecule has 0 saturated heterocycles. The molecule has 0 fully saturated rings. The summed E-state index contributed by atoms with van der Waals surface area (Å²) in [6.45, 7) is 0. The Balaban J connectivity index is 1.13. The van der Waals surface area contributed by atoms with Crippen molar-refractivity contribution in [3.8, 4) is 22.5 Å². The largest absolute Gasteiger partial charge is 0.313 e. The van der Waals surface area contributed by atoms with Crippen LogP contribution in [0.25, 0.3) is 66.1 Å². The van der Waals surface area contributed by atoms with Crippen LogP contribution in [0.4, 0.5) is 11.4 Å². The first-order chi connectivity index (χ1) is 25.3. The van der Waals surface area contributed by atoms with Gasteiger partial charge in [-0.15, -0.1) is 0 Å². The number of anilines is 2. The molecular weight excluding hydrogens is 619 g/mol. The summed E-state index contributed by atoms with van der Waals surface area (Å²) in [5.74, 6) is 0.308. The Morgan fingerprint density at radius 2 is 1.00 bits per heavy atom. The van der Waals surface area contributed by atoms with E-state index in [4.69, 9.17) is 0 Å². The smallest absolute Gasteiger partial charge is 0.0562 e. The molecule has 3 heteroatoms. The highest BCUT2D eigenvalue weighted by Gasteiger charge is 2.36. The van der Waals surface area contributed by atoms with E-state index in [-0.39, 0.29) is 0 Å². The summed E-state index contributed by atoms with van der Waals surface area (Å²) in [5.41, 5.74) is 14.9. The molecule has 9 aromatic rings. The zero-order valence-corrected chi connectivity index (χ0v) is 27.9. The predicted octanol–water partition coefficient (Wildman–Crippen LogP) is 12.6. The molecular formula is C48H33N3. The fraction of sp³-hybridized carbons (Fsp3) is 0.0417. The van der Waals surface area contributed by atoms with E-state index >= 15 is 0 Å². The Labute approximate surface area is 296 Å². The number of nitrogens with zero attached hydrogens (tertiary/aromatic N) is 3. The molecule has 0 spiro atoms. The topological polar surface area (TPSA) is 13.1 Å². The van der Waals surface area contributed by atoms with Crippen LogP contribution in [0.15, 0.2) is 188 Å². The van der Waals surface area contributed by atoms with E-state index in [1.54, 1.807) is 0 Å². The van der Waals surface area contributed by atoms with Gasteiger partial charge in [-0.1, -0.05) is 109 Å². The minimum atomic E-state index is 0.308. The molecule has 2 aromatic heterocycles. The van der Waals surface area contributed by atoms with Crippen LogP contribution < -0.4 is 4.90 Å². The van der Waals surface area contributed by atoms with Crippen molar-refractivity contribution in [2.75, 3.05) is 4.90 Å². The molecule has 0 saturated carbocycles. The second-order valence-electron chi connectivity index (χ2n) is 13.7. The SMILES string of the molecule is C1=CCC2C(=C1)N(c1ccc3c(c1)c1ccccc1n3-c1ccccc1)c1cc3c(cc12)c1ccccc1n3-c1ccc(-c2ccccc2)cc1. The van der Waals surface area contributed by atoms with Gasteiger partial charge in [0.1, 0.15) is 0 Å². The number of para-hydroxylation sites is 3. The van der Waals surface area contributed by atoms with E-state index in [0.29, 0.717) is 5.92 Å². The molecule has 3 heterocycles. The van der Waals surface area contributed by atoms with Crippen molar-refractivity contribution >= 4 is 55.0 Å². The van der Waals surface area contributed by atoms with Crippen LogP contribution in [0.3, 0.4) is 0 Å². The fourth-order valence-electron chi connectivity index (χ4n) is 8.72.